The summed E-state index contributed by atoms with van der Waals surface area (Å²) in [6.45, 7) is 1.44. The van der Waals surface area contributed by atoms with E-state index in [0.717, 1.165) is 31.5 Å². The Morgan fingerprint density at radius 2 is 2.08 bits per heavy atom. The number of nitrogens with one attached hydrogen (secondary N) is 1. The Labute approximate surface area is 144 Å². The second-order valence-electron chi connectivity index (χ2n) is 5.72. The van der Waals surface area contributed by atoms with E-state index in [1.807, 2.05) is 10.8 Å². The number of carbonyl (C=O) groups excluding carboxylic acids is 1. The molecule has 1 aliphatic heterocycles. The van der Waals surface area contributed by atoms with Crippen LogP contribution < -0.4 is 10.1 Å². The number of imidazole rings is 1. The van der Waals surface area contributed by atoms with Crippen LogP contribution in [0.2, 0.25) is 0 Å². The number of hydrogen-bond donors (Lipinski definition) is 2. The molecule has 0 unspecified atom stereocenters. The molecule has 8 nitrogen and oxygen atoms in total. The second kappa shape index (κ2) is 7.74. The molecule has 2 heterocycles. The van der Waals surface area contributed by atoms with Gasteiger partial charge in [-0.25, -0.2) is 14.6 Å². The lowest BCUT2D eigenvalue weighted by atomic mass is 10.1. The zero-order valence-electron chi connectivity index (χ0n) is 13.5. The van der Waals surface area contributed by atoms with Gasteiger partial charge in [-0.1, -0.05) is 0 Å². The Bertz CT molecular complexity index is 787. The van der Waals surface area contributed by atoms with Crippen LogP contribution in [0.15, 0.2) is 35.5 Å². The Kier molecular flexibility index (Phi) is 5.23. The predicted octanol–water partition coefficient (Wildman–Crippen LogP) is 1.91. The van der Waals surface area contributed by atoms with E-state index in [0.29, 0.717) is 17.4 Å². The molecule has 1 aliphatic rings. The van der Waals surface area contributed by atoms with Gasteiger partial charge in [0, 0.05) is 17.8 Å². The summed E-state index contributed by atoms with van der Waals surface area (Å²) in [7, 11) is 0. The molecule has 8 heteroatoms. The summed E-state index contributed by atoms with van der Waals surface area (Å²) < 4.78 is 7.05. The summed E-state index contributed by atoms with van der Waals surface area (Å²) in [5, 5.41) is 11.9. The van der Waals surface area contributed by atoms with Crippen molar-refractivity contribution in [2.24, 2.45) is 4.99 Å². The van der Waals surface area contributed by atoms with Crippen molar-refractivity contribution in [1.29, 1.82) is 0 Å². The Balaban J connectivity index is 1.84. The monoisotopic (exact) mass is 342 g/mol. The molecule has 0 amide bonds. The summed E-state index contributed by atoms with van der Waals surface area (Å²) in [6.07, 6.45) is 5.34. The maximum absolute atomic E-state index is 10.7. The minimum absolute atomic E-state index is 0.243. The number of piperidine rings is 1. The van der Waals surface area contributed by atoms with Gasteiger partial charge in [0.2, 0.25) is 12.0 Å². The first-order valence-electron chi connectivity index (χ1n) is 8.00. The third-order valence-corrected chi connectivity index (χ3v) is 4.07. The standard InChI is InChI=1S/C17H18N4O4/c22-11-19-17-20-15(9-21(17)13-5-7-18-8-6-13)12-1-3-14(4-2-12)25-10-16(23)24/h1-4,9,13,18H,5-8,10H2,(H,23,24). The lowest BCUT2D eigenvalue weighted by Gasteiger charge is -2.24. The van der Waals surface area contributed by atoms with Gasteiger partial charge >= 0.3 is 5.97 Å². The molecule has 0 atom stereocenters. The number of carbonyl (C=O) groups is 1. The molecule has 25 heavy (non-hydrogen) atoms. The van der Waals surface area contributed by atoms with Gasteiger partial charge in [-0.05, 0) is 50.2 Å². The van der Waals surface area contributed by atoms with E-state index in [2.05, 4.69) is 15.3 Å². The first kappa shape index (κ1) is 16.9. The fourth-order valence-electron chi connectivity index (χ4n) is 2.87. The Morgan fingerprint density at radius 3 is 2.72 bits per heavy atom. The van der Waals surface area contributed by atoms with Crippen molar-refractivity contribution >= 4 is 18.0 Å². The van der Waals surface area contributed by atoms with Crippen molar-refractivity contribution in [1.82, 2.24) is 14.9 Å². The van der Waals surface area contributed by atoms with Crippen LogP contribution >= 0.6 is 0 Å². The van der Waals surface area contributed by atoms with E-state index in [-0.39, 0.29) is 12.6 Å². The average molecular weight is 342 g/mol. The first-order chi connectivity index (χ1) is 12.2. The van der Waals surface area contributed by atoms with Gasteiger partial charge in [0.15, 0.2) is 6.61 Å². The van der Waals surface area contributed by atoms with E-state index < -0.39 is 5.97 Å². The van der Waals surface area contributed by atoms with E-state index >= 15 is 0 Å². The van der Waals surface area contributed by atoms with Crippen LogP contribution in [-0.4, -0.2) is 46.4 Å². The molecule has 1 fully saturated rings. The van der Waals surface area contributed by atoms with Crippen LogP contribution in [0.5, 0.6) is 5.75 Å². The quantitative estimate of drug-likeness (QED) is 0.613. The van der Waals surface area contributed by atoms with E-state index in [1.165, 1.54) is 0 Å². The second-order valence-corrected chi connectivity index (χ2v) is 5.72. The number of aliphatic imine (C=N–C) groups is 1. The average Bonchev–Trinajstić information content (AvgIpc) is 3.05. The molecule has 1 saturated heterocycles. The fourth-order valence-corrected chi connectivity index (χ4v) is 2.87. The number of carboxylic acid groups (broad SMARTS) is 1. The van der Waals surface area contributed by atoms with Gasteiger partial charge in [-0.3, -0.25) is 0 Å². The number of aliphatic carboxylic acids is 1. The van der Waals surface area contributed by atoms with Crippen LogP contribution in [0.25, 0.3) is 11.3 Å². The van der Waals surface area contributed by atoms with Gasteiger partial charge in [-0.15, -0.1) is 4.99 Å². The maximum atomic E-state index is 10.7. The van der Waals surface area contributed by atoms with Gasteiger partial charge in [0.05, 0.1) is 5.69 Å². The highest BCUT2D eigenvalue weighted by molar-refractivity contribution is 5.68. The van der Waals surface area contributed by atoms with Crippen LogP contribution in [0, 0.1) is 0 Å². The smallest absolute Gasteiger partial charge is 0.341 e. The van der Waals surface area contributed by atoms with E-state index in [9.17, 15) is 9.59 Å². The summed E-state index contributed by atoms with van der Waals surface area (Å²) in [6, 6.07) is 7.20. The fraction of sp³-hybridized carbons (Fsp3) is 0.353. The highest BCUT2D eigenvalue weighted by atomic mass is 16.5. The van der Waals surface area contributed by atoms with Gasteiger partial charge in [0.25, 0.3) is 0 Å². The molecule has 3 rings (SSSR count). The molecule has 2 N–H and O–H groups in total. The van der Waals surface area contributed by atoms with Crippen molar-refractivity contribution < 1.29 is 19.4 Å². The minimum Gasteiger partial charge on any atom is -0.482 e. The van der Waals surface area contributed by atoms with Crippen molar-refractivity contribution in [3.05, 3.63) is 30.5 Å². The number of hydrogen-bond acceptors (Lipinski definition) is 6. The normalized spacial score (nSPS) is 14.7. The summed E-state index contributed by atoms with van der Waals surface area (Å²) in [5.41, 5.74) is 1.52. The maximum Gasteiger partial charge on any atom is 0.341 e. The molecule has 0 radical (unpaired) electrons. The number of carboxylic acids is 1. The number of isocyanates is 1. The number of nitrogens with zero attached hydrogens (tertiary/aromatic N) is 3. The SMILES string of the molecule is O=C=Nc1nc(-c2ccc(OCC(=O)O)cc2)cn1C1CCNCC1. The summed E-state index contributed by atoms with van der Waals surface area (Å²) >= 11 is 0. The lowest BCUT2D eigenvalue weighted by molar-refractivity contribution is -0.139. The molecule has 1 aromatic heterocycles. The molecule has 130 valence electrons. The number of rotatable bonds is 6. The largest absolute Gasteiger partial charge is 0.482 e. The zero-order chi connectivity index (χ0) is 17.6. The molecular formula is C17H18N4O4. The molecule has 0 spiro atoms. The third-order valence-electron chi connectivity index (χ3n) is 4.07. The number of aromatic nitrogens is 2. The highest BCUT2D eigenvalue weighted by Gasteiger charge is 2.19. The minimum atomic E-state index is -1.03. The van der Waals surface area contributed by atoms with Gasteiger partial charge in [-0.2, -0.15) is 0 Å². The van der Waals surface area contributed by atoms with Crippen LogP contribution in [0.1, 0.15) is 18.9 Å². The Hall–Kier alpha value is -2.96. The molecule has 0 saturated carbocycles. The van der Waals surface area contributed by atoms with Gasteiger partial charge in [0.1, 0.15) is 5.75 Å². The number of ether oxygens (including phenoxy) is 1. The van der Waals surface area contributed by atoms with Gasteiger partial charge < -0.3 is 19.7 Å². The zero-order valence-corrected chi connectivity index (χ0v) is 13.5. The van der Waals surface area contributed by atoms with E-state index in [4.69, 9.17) is 9.84 Å². The topological polar surface area (TPSA) is 106 Å². The molecule has 0 bridgehead atoms. The molecule has 2 aromatic rings. The van der Waals surface area contributed by atoms with Crippen LogP contribution in [-0.2, 0) is 9.59 Å². The van der Waals surface area contributed by atoms with Crippen LogP contribution in [0.4, 0.5) is 5.95 Å². The summed E-state index contributed by atoms with van der Waals surface area (Å²) in [5.74, 6) is -0.209. The van der Waals surface area contributed by atoms with Crippen molar-refractivity contribution in [3.63, 3.8) is 0 Å². The molecular weight excluding hydrogens is 324 g/mol. The lowest BCUT2D eigenvalue weighted by Crippen LogP contribution is -2.29. The van der Waals surface area contributed by atoms with Crippen LogP contribution in [0.3, 0.4) is 0 Å². The summed E-state index contributed by atoms with van der Waals surface area (Å²) in [4.78, 5) is 29.4. The van der Waals surface area contributed by atoms with Crippen molar-refractivity contribution in [2.75, 3.05) is 19.7 Å². The van der Waals surface area contributed by atoms with Crippen molar-refractivity contribution in [3.8, 4) is 17.0 Å². The first-order valence-corrected chi connectivity index (χ1v) is 8.00. The third kappa shape index (κ3) is 4.12. The van der Waals surface area contributed by atoms with E-state index in [1.54, 1.807) is 30.3 Å². The molecule has 1 aromatic carbocycles. The highest BCUT2D eigenvalue weighted by Crippen LogP contribution is 2.30. The molecule has 0 aliphatic carbocycles. The Morgan fingerprint density at radius 1 is 1.36 bits per heavy atom. The van der Waals surface area contributed by atoms with Crippen molar-refractivity contribution in [2.45, 2.75) is 18.9 Å². The number of benzene rings is 1. The predicted molar refractivity (Wildman–Crippen MR) is 89.7 cm³/mol.